The molecule has 0 aliphatic rings. The molecule has 0 unspecified atom stereocenters. The summed E-state index contributed by atoms with van der Waals surface area (Å²) in [4.78, 5) is 19.4. The molecule has 7 nitrogen and oxygen atoms in total. The summed E-state index contributed by atoms with van der Waals surface area (Å²) in [5.74, 6) is 0.780. The van der Waals surface area contributed by atoms with Gasteiger partial charge in [-0.15, -0.1) is 10.2 Å². The van der Waals surface area contributed by atoms with E-state index in [0.29, 0.717) is 34.1 Å². The number of aromatic nitrogens is 4. The highest BCUT2D eigenvalue weighted by Gasteiger charge is 2.18. The molecule has 0 aromatic carbocycles. The molecule has 0 aliphatic carbocycles. The van der Waals surface area contributed by atoms with E-state index in [1.807, 2.05) is 0 Å². The number of aromatic carboxylic acids is 1. The van der Waals surface area contributed by atoms with Crippen molar-refractivity contribution in [3.05, 3.63) is 28.9 Å². The fourth-order valence-electron chi connectivity index (χ4n) is 1.56. The molecule has 0 fully saturated rings. The Labute approximate surface area is 113 Å². The summed E-state index contributed by atoms with van der Waals surface area (Å²) in [6.07, 6.45) is 0. The van der Waals surface area contributed by atoms with Crippen LogP contribution in [-0.4, -0.2) is 31.2 Å². The van der Waals surface area contributed by atoms with Gasteiger partial charge in [0.1, 0.15) is 16.4 Å². The first-order chi connectivity index (χ1) is 8.97. The standard InChI is InChI=1S/C11H12N4O3S/c1-5-9(11(16)17)10(13-6(2)12-5)19-4-8-15-14-7(3)18-8/h4H2,1-3H3,(H,16,17). The van der Waals surface area contributed by atoms with Crippen LogP contribution in [0.3, 0.4) is 0 Å². The fourth-order valence-corrected chi connectivity index (χ4v) is 2.51. The quantitative estimate of drug-likeness (QED) is 0.667. The van der Waals surface area contributed by atoms with Crippen molar-refractivity contribution in [1.82, 2.24) is 20.2 Å². The van der Waals surface area contributed by atoms with E-state index in [-0.39, 0.29) is 5.56 Å². The molecule has 1 N–H and O–H groups in total. The van der Waals surface area contributed by atoms with Crippen molar-refractivity contribution in [3.63, 3.8) is 0 Å². The maximum absolute atomic E-state index is 11.2. The molecule has 2 aromatic rings. The number of thioether (sulfide) groups is 1. The highest BCUT2D eigenvalue weighted by molar-refractivity contribution is 7.98. The molecule has 100 valence electrons. The summed E-state index contributed by atoms with van der Waals surface area (Å²) in [5, 5.41) is 17.2. The maximum atomic E-state index is 11.2. The van der Waals surface area contributed by atoms with Crippen molar-refractivity contribution in [1.29, 1.82) is 0 Å². The zero-order valence-corrected chi connectivity index (χ0v) is 11.5. The second-order valence-corrected chi connectivity index (χ2v) is 4.81. The number of nitrogens with zero attached hydrogens (tertiary/aromatic N) is 4. The molecule has 0 radical (unpaired) electrons. The van der Waals surface area contributed by atoms with Crippen molar-refractivity contribution in [2.75, 3.05) is 0 Å². The lowest BCUT2D eigenvalue weighted by atomic mass is 10.2. The summed E-state index contributed by atoms with van der Waals surface area (Å²) in [6.45, 7) is 5.07. The summed E-state index contributed by atoms with van der Waals surface area (Å²) < 4.78 is 5.23. The van der Waals surface area contributed by atoms with E-state index >= 15 is 0 Å². The van der Waals surface area contributed by atoms with E-state index in [1.165, 1.54) is 11.8 Å². The largest absolute Gasteiger partial charge is 0.478 e. The van der Waals surface area contributed by atoms with Crippen LogP contribution in [-0.2, 0) is 5.75 Å². The Bertz CT molecular complexity index is 626. The molecule has 0 saturated heterocycles. The predicted octanol–water partition coefficient (Wildman–Crippen LogP) is 1.78. The van der Waals surface area contributed by atoms with E-state index in [2.05, 4.69) is 20.2 Å². The van der Waals surface area contributed by atoms with E-state index in [0.717, 1.165) is 0 Å². The molecule has 0 saturated carbocycles. The highest BCUT2D eigenvalue weighted by atomic mass is 32.2. The summed E-state index contributed by atoms with van der Waals surface area (Å²) >= 11 is 1.24. The summed E-state index contributed by atoms with van der Waals surface area (Å²) in [7, 11) is 0. The minimum atomic E-state index is -1.04. The van der Waals surface area contributed by atoms with Crippen LogP contribution < -0.4 is 0 Å². The van der Waals surface area contributed by atoms with Crippen LogP contribution in [0, 0.1) is 20.8 Å². The molecule has 0 atom stereocenters. The fraction of sp³-hybridized carbons (Fsp3) is 0.364. The predicted molar refractivity (Wildman–Crippen MR) is 67.1 cm³/mol. The second kappa shape index (κ2) is 5.35. The molecular weight excluding hydrogens is 268 g/mol. The molecular formula is C11H12N4O3S. The zero-order chi connectivity index (χ0) is 14.0. The van der Waals surface area contributed by atoms with Gasteiger partial charge in [-0.25, -0.2) is 14.8 Å². The second-order valence-electron chi connectivity index (χ2n) is 3.85. The van der Waals surface area contributed by atoms with Crippen LogP contribution >= 0.6 is 11.8 Å². The number of carboxylic acids is 1. The van der Waals surface area contributed by atoms with Crippen LogP contribution in [0.4, 0.5) is 0 Å². The molecule has 2 rings (SSSR count). The van der Waals surface area contributed by atoms with Crippen molar-refractivity contribution in [3.8, 4) is 0 Å². The van der Waals surface area contributed by atoms with Crippen LogP contribution in [0.25, 0.3) is 0 Å². The van der Waals surface area contributed by atoms with Crippen molar-refractivity contribution >= 4 is 17.7 Å². The van der Waals surface area contributed by atoms with Gasteiger partial charge >= 0.3 is 5.97 Å². The van der Waals surface area contributed by atoms with Gasteiger partial charge in [0, 0.05) is 6.92 Å². The number of rotatable bonds is 4. The summed E-state index contributed by atoms with van der Waals surface area (Å²) in [6, 6.07) is 0. The number of hydrogen-bond donors (Lipinski definition) is 1. The minimum absolute atomic E-state index is 0.117. The highest BCUT2D eigenvalue weighted by Crippen LogP contribution is 2.25. The molecule has 2 heterocycles. The zero-order valence-electron chi connectivity index (χ0n) is 10.7. The van der Waals surface area contributed by atoms with Gasteiger partial charge in [0.05, 0.1) is 11.4 Å². The first-order valence-electron chi connectivity index (χ1n) is 5.47. The Balaban J connectivity index is 2.26. The maximum Gasteiger partial charge on any atom is 0.340 e. The minimum Gasteiger partial charge on any atom is -0.478 e. The van der Waals surface area contributed by atoms with Crippen LogP contribution in [0.5, 0.6) is 0 Å². The van der Waals surface area contributed by atoms with Crippen LogP contribution in [0.2, 0.25) is 0 Å². The first kappa shape index (κ1) is 13.5. The lowest BCUT2D eigenvalue weighted by molar-refractivity contribution is 0.0690. The van der Waals surface area contributed by atoms with Crippen molar-refractivity contribution < 1.29 is 14.3 Å². The van der Waals surface area contributed by atoms with Gasteiger partial charge < -0.3 is 9.52 Å². The normalized spacial score (nSPS) is 10.7. The Hall–Kier alpha value is -1.96. The molecule has 19 heavy (non-hydrogen) atoms. The lowest BCUT2D eigenvalue weighted by Crippen LogP contribution is -2.08. The van der Waals surface area contributed by atoms with Gasteiger partial charge in [0.2, 0.25) is 11.8 Å². The van der Waals surface area contributed by atoms with Crippen molar-refractivity contribution in [2.45, 2.75) is 31.6 Å². The molecule has 0 bridgehead atoms. The molecule has 0 aliphatic heterocycles. The van der Waals surface area contributed by atoms with Gasteiger partial charge in [-0.2, -0.15) is 0 Å². The van der Waals surface area contributed by atoms with E-state index in [1.54, 1.807) is 20.8 Å². The Morgan fingerprint density at radius 2 is 2.00 bits per heavy atom. The number of carbonyl (C=O) groups is 1. The Kier molecular flexibility index (Phi) is 3.79. The van der Waals surface area contributed by atoms with Crippen LogP contribution in [0.1, 0.15) is 33.7 Å². The molecule has 0 amide bonds. The van der Waals surface area contributed by atoms with E-state index < -0.39 is 5.97 Å². The molecule has 0 spiro atoms. The Morgan fingerprint density at radius 1 is 1.26 bits per heavy atom. The topological polar surface area (TPSA) is 102 Å². The average Bonchev–Trinajstić information content (AvgIpc) is 2.71. The molecule has 8 heteroatoms. The third kappa shape index (κ3) is 3.08. The summed E-state index contributed by atoms with van der Waals surface area (Å²) in [5.41, 5.74) is 0.566. The lowest BCUT2D eigenvalue weighted by Gasteiger charge is -2.07. The van der Waals surface area contributed by atoms with Gasteiger partial charge in [0.25, 0.3) is 0 Å². The average molecular weight is 280 g/mol. The van der Waals surface area contributed by atoms with Crippen molar-refractivity contribution in [2.24, 2.45) is 0 Å². The Morgan fingerprint density at radius 3 is 2.58 bits per heavy atom. The monoisotopic (exact) mass is 280 g/mol. The van der Waals surface area contributed by atoms with Gasteiger partial charge in [-0.1, -0.05) is 11.8 Å². The number of hydrogen-bond acceptors (Lipinski definition) is 7. The third-order valence-corrected chi connectivity index (χ3v) is 3.24. The van der Waals surface area contributed by atoms with Gasteiger partial charge in [-0.05, 0) is 13.8 Å². The van der Waals surface area contributed by atoms with Crippen LogP contribution in [0.15, 0.2) is 9.44 Å². The first-order valence-corrected chi connectivity index (χ1v) is 6.46. The van der Waals surface area contributed by atoms with Gasteiger partial charge in [-0.3, -0.25) is 0 Å². The smallest absolute Gasteiger partial charge is 0.340 e. The third-order valence-electron chi connectivity index (χ3n) is 2.28. The molecule has 2 aromatic heterocycles. The number of carboxylic acid groups (broad SMARTS) is 1. The van der Waals surface area contributed by atoms with E-state index in [4.69, 9.17) is 4.42 Å². The SMILES string of the molecule is Cc1nc(C)c(C(=O)O)c(SCc2nnc(C)o2)n1. The number of aryl methyl sites for hydroxylation is 3. The van der Waals surface area contributed by atoms with E-state index in [9.17, 15) is 9.90 Å². The van der Waals surface area contributed by atoms with Gasteiger partial charge in [0.15, 0.2) is 0 Å².